The third kappa shape index (κ3) is 5.21. The van der Waals surface area contributed by atoms with E-state index in [1.54, 1.807) is 6.20 Å². The summed E-state index contributed by atoms with van der Waals surface area (Å²) in [6, 6.07) is 2.68. The van der Waals surface area contributed by atoms with Gasteiger partial charge in [0.05, 0.1) is 23.0 Å². The molecular weight excluding hydrogens is 508 g/mol. The lowest BCUT2D eigenvalue weighted by atomic mass is 9.85. The molecule has 2 atom stereocenters. The number of aliphatic hydroxyl groups is 1. The number of benzene rings is 1. The second-order valence-corrected chi connectivity index (χ2v) is 10.5. The summed E-state index contributed by atoms with van der Waals surface area (Å²) in [6.45, 7) is 0. The summed E-state index contributed by atoms with van der Waals surface area (Å²) < 4.78 is 16.7. The summed E-state index contributed by atoms with van der Waals surface area (Å²) in [4.78, 5) is 25.5. The summed E-state index contributed by atoms with van der Waals surface area (Å²) in [7, 11) is 0. The van der Waals surface area contributed by atoms with Crippen LogP contribution in [0.15, 0.2) is 18.3 Å². The topological polar surface area (TPSA) is 131 Å². The summed E-state index contributed by atoms with van der Waals surface area (Å²) in [5, 5.41) is 16.7. The van der Waals surface area contributed by atoms with Crippen molar-refractivity contribution in [3.63, 3.8) is 0 Å². The zero-order valence-corrected chi connectivity index (χ0v) is 21.1. The van der Waals surface area contributed by atoms with Crippen LogP contribution in [0.3, 0.4) is 0 Å². The van der Waals surface area contributed by atoms with Crippen LogP contribution < -0.4 is 16.4 Å². The Labute approximate surface area is 217 Å². The maximum absolute atomic E-state index is 14.7. The number of anilines is 3. The quantitative estimate of drug-likeness (QED) is 0.351. The molecule has 2 aliphatic carbocycles. The molecule has 36 heavy (non-hydrogen) atoms. The Morgan fingerprint density at radius 2 is 1.92 bits per heavy atom. The van der Waals surface area contributed by atoms with Gasteiger partial charge in [0.2, 0.25) is 17.8 Å². The maximum atomic E-state index is 14.7. The van der Waals surface area contributed by atoms with Crippen molar-refractivity contribution in [3.8, 4) is 0 Å². The van der Waals surface area contributed by atoms with Gasteiger partial charge in [0.1, 0.15) is 11.3 Å². The predicted molar refractivity (Wildman–Crippen MR) is 137 cm³/mol. The zero-order valence-electron chi connectivity index (χ0n) is 19.6. The number of aliphatic hydroxyl groups excluding tert-OH is 1. The van der Waals surface area contributed by atoms with Crippen LogP contribution in [0.4, 0.5) is 22.0 Å². The molecular formula is C24H28Cl2FN7O2. The molecule has 3 aromatic rings. The first-order valence-corrected chi connectivity index (χ1v) is 12.9. The Morgan fingerprint density at radius 3 is 2.61 bits per heavy atom. The molecule has 192 valence electrons. The fraction of sp³-hybridized carbons (Fsp3) is 0.500. The Bertz CT molecular complexity index is 1260. The molecule has 1 amide bonds. The second kappa shape index (κ2) is 10.4. The Hall–Kier alpha value is -2.69. The molecule has 2 heterocycles. The molecule has 12 heteroatoms. The van der Waals surface area contributed by atoms with Gasteiger partial charge in [0, 0.05) is 23.0 Å². The molecule has 0 unspecified atom stereocenters. The number of amides is 1. The molecule has 0 saturated heterocycles. The normalized spacial score (nSPS) is 24.6. The van der Waals surface area contributed by atoms with Crippen LogP contribution >= 0.6 is 23.2 Å². The molecule has 2 saturated carbocycles. The summed E-state index contributed by atoms with van der Waals surface area (Å²) in [6.07, 6.45) is 7.26. The average molecular weight is 536 g/mol. The van der Waals surface area contributed by atoms with E-state index in [9.17, 15) is 14.3 Å². The first kappa shape index (κ1) is 25.0. The van der Waals surface area contributed by atoms with Crippen LogP contribution in [0, 0.1) is 11.7 Å². The second-order valence-electron chi connectivity index (χ2n) is 9.65. The van der Waals surface area contributed by atoms with Gasteiger partial charge in [-0.1, -0.05) is 23.2 Å². The van der Waals surface area contributed by atoms with Crippen molar-refractivity contribution in [3.05, 3.63) is 34.2 Å². The van der Waals surface area contributed by atoms with Crippen molar-refractivity contribution < 1.29 is 14.3 Å². The molecule has 0 spiro atoms. The Balaban J connectivity index is 1.51. The van der Waals surface area contributed by atoms with E-state index in [-0.39, 0.29) is 45.7 Å². The number of carbonyl (C=O) groups is 1. The molecule has 5 rings (SSSR count). The van der Waals surface area contributed by atoms with Gasteiger partial charge in [-0.15, -0.1) is 0 Å². The first-order chi connectivity index (χ1) is 17.3. The standard InChI is InChI=1S/C24H28Cl2FN7O2/c25-13-8-17(26)20(18(27)9-13)32-24-31-19-11-29-23(30-14-2-1-3-16(35)10-14)33-22(19)34(24)15-6-4-12(5-7-15)21(28)36/h8-9,11-12,14-16,35H,1-7,10H2,(H2,28,36)(H,31,32)(H,29,30,33)/t12-,14-,15+,16-/m0/s1. The third-order valence-corrected chi connectivity index (χ3v) is 7.64. The van der Waals surface area contributed by atoms with Crippen LogP contribution in [0.2, 0.25) is 10.0 Å². The van der Waals surface area contributed by atoms with Crippen LogP contribution in [-0.4, -0.2) is 42.7 Å². The lowest BCUT2D eigenvalue weighted by molar-refractivity contribution is -0.122. The molecule has 0 radical (unpaired) electrons. The smallest absolute Gasteiger partial charge is 0.224 e. The minimum Gasteiger partial charge on any atom is -0.393 e. The van der Waals surface area contributed by atoms with Gasteiger partial charge in [0.15, 0.2) is 5.65 Å². The maximum Gasteiger partial charge on any atom is 0.224 e. The Kier molecular flexibility index (Phi) is 7.18. The molecule has 0 bridgehead atoms. The fourth-order valence-corrected chi connectivity index (χ4v) is 5.78. The largest absolute Gasteiger partial charge is 0.393 e. The van der Waals surface area contributed by atoms with Crippen molar-refractivity contribution in [2.24, 2.45) is 11.7 Å². The van der Waals surface area contributed by atoms with Crippen LogP contribution in [0.1, 0.15) is 57.4 Å². The van der Waals surface area contributed by atoms with Gasteiger partial charge in [-0.3, -0.25) is 9.36 Å². The van der Waals surface area contributed by atoms with Crippen molar-refractivity contribution in [2.75, 3.05) is 10.6 Å². The molecule has 2 fully saturated rings. The third-order valence-electron chi connectivity index (χ3n) is 7.12. The van der Waals surface area contributed by atoms with E-state index in [0.717, 1.165) is 19.3 Å². The van der Waals surface area contributed by atoms with Crippen molar-refractivity contribution in [2.45, 2.75) is 69.6 Å². The lowest BCUT2D eigenvalue weighted by Gasteiger charge is -2.29. The van der Waals surface area contributed by atoms with Gasteiger partial charge in [0.25, 0.3) is 0 Å². The predicted octanol–water partition coefficient (Wildman–Crippen LogP) is 4.95. The van der Waals surface area contributed by atoms with E-state index in [4.69, 9.17) is 33.9 Å². The summed E-state index contributed by atoms with van der Waals surface area (Å²) in [5.41, 5.74) is 6.71. The number of carbonyl (C=O) groups excluding carboxylic acids is 1. The highest BCUT2D eigenvalue weighted by Gasteiger charge is 2.30. The first-order valence-electron chi connectivity index (χ1n) is 12.2. The number of halogens is 3. The number of nitrogens with one attached hydrogen (secondary N) is 2. The number of aromatic nitrogens is 4. The number of primary amides is 1. The molecule has 2 aliphatic rings. The van der Waals surface area contributed by atoms with E-state index < -0.39 is 5.82 Å². The van der Waals surface area contributed by atoms with Gasteiger partial charge < -0.3 is 21.5 Å². The minimum absolute atomic E-state index is 0.0403. The van der Waals surface area contributed by atoms with E-state index >= 15 is 0 Å². The number of hydrogen-bond acceptors (Lipinski definition) is 7. The van der Waals surface area contributed by atoms with E-state index in [0.29, 0.717) is 55.2 Å². The minimum atomic E-state index is -0.604. The fourth-order valence-electron chi connectivity index (χ4n) is 5.26. The highest BCUT2D eigenvalue weighted by molar-refractivity contribution is 6.36. The Morgan fingerprint density at radius 1 is 1.14 bits per heavy atom. The SMILES string of the molecule is NC(=O)[C@H]1CC[C@@H](n2c(Nc3c(F)cc(Cl)cc3Cl)nc3cnc(N[C@H]4CCC[C@H](O)C4)nc32)CC1. The molecule has 5 N–H and O–H groups in total. The molecule has 9 nitrogen and oxygen atoms in total. The number of imidazole rings is 1. The molecule has 0 aliphatic heterocycles. The average Bonchev–Trinajstić information content (AvgIpc) is 3.18. The van der Waals surface area contributed by atoms with E-state index in [2.05, 4.69) is 20.6 Å². The van der Waals surface area contributed by atoms with Crippen LogP contribution in [0.5, 0.6) is 0 Å². The van der Waals surface area contributed by atoms with Crippen LogP contribution in [0.25, 0.3) is 11.2 Å². The van der Waals surface area contributed by atoms with E-state index in [1.165, 1.54) is 12.1 Å². The molecule has 1 aromatic carbocycles. The van der Waals surface area contributed by atoms with Crippen molar-refractivity contribution in [1.29, 1.82) is 0 Å². The monoisotopic (exact) mass is 535 g/mol. The van der Waals surface area contributed by atoms with Gasteiger partial charge >= 0.3 is 0 Å². The number of hydrogen-bond donors (Lipinski definition) is 4. The summed E-state index contributed by atoms with van der Waals surface area (Å²) in [5.74, 6) is -0.250. The highest BCUT2D eigenvalue weighted by atomic mass is 35.5. The lowest BCUT2D eigenvalue weighted by Crippen LogP contribution is -2.30. The number of nitrogens with two attached hydrogens (primary N) is 1. The van der Waals surface area contributed by atoms with E-state index in [1.807, 2.05) is 4.57 Å². The van der Waals surface area contributed by atoms with Gasteiger partial charge in [-0.2, -0.15) is 4.98 Å². The van der Waals surface area contributed by atoms with Gasteiger partial charge in [-0.25, -0.2) is 14.4 Å². The number of nitrogens with zero attached hydrogens (tertiary/aromatic N) is 4. The van der Waals surface area contributed by atoms with Crippen molar-refractivity contribution >= 4 is 57.9 Å². The van der Waals surface area contributed by atoms with Gasteiger partial charge in [-0.05, 0) is 63.5 Å². The summed E-state index contributed by atoms with van der Waals surface area (Å²) >= 11 is 12.2. The molecule has 2 aromatic heterocycles. The highest BCUT2D eigenvalue weighted by Crippen LogP contribution is 2.38. The number of fused-ring (bicyclic) bond motifs is 1. The van der Waals surface area contributed by atoms with Crippen LogP contribution in [-0.2, 0) is 4.79 Å². The number of rotatable bonds is 6. The zero-order chi connectivity index (χ0) is 25.4. The van der Waals surface area contributed by atoms with Crippen molar-refractivity contribution in [1.82, 2.24) is 19.5 Å².